The smallest absolute Gasteiger partial charge is 0.253 e. The van der Waals surface area contributed by atoms with Gasteiger partial charge < -0.3 is 9.47 Å². The van der Waals surface area contributed by atoms with Gasteiger partial charge in [0, 0.05) is 49.6 Å². The molecule has 0 fully saturated rings. The van der Waals surface area contributed by atoms with Crippen LogP contribution < -0.4 is 0 Å². The van der Waals surface area contributed by atoms with Crippen molar-refractivity contribution in [1.29, 1.82) is 0 Å². The number of rotatable bonds is 4. The molecule has 0 unspecified atom stereocenters. The predicted octanol–water partition coefficient (Wildman–Crippen LogP) is 3.14. The SMILES string of the molecule is CN(Cc1cccnc1)C(=O)c1ccc(-n2cccc2)cc1. The Bertz CT molecular complexity index is 734. The fourth-order valence-corrected chi connectivity index (χ4v) is 2.34. The van der Waals surface area contributed by atoms with E-state index in [-0.39, 0.29) is 5.91 Å². The molecule has 0 spiro atoms. The summed E-state index contributed by atoms with van der Waals surface area (Å²) in [5.41, 5.74) is 2.74. The van der Waals surface area contributed by atoms with Crippen LogP contribution in [0.25, 0.3) is 5.69 Å². The quantitative estimate of drug-likeness (QED) is 0.740. The summed E-state index contributed by atoms with van der Waals surface area (Å²) in [7, 11) is 1.80. The van der Waals surface area contributed by atoms with E-state index in [1.165, 1.54) is 0 Å². The zero-order chi connectivity index (χ0) is 15.4. The first kappa shape index (κ1) is 14.1. The van der Waals surface area contributed by atoms with Crippen LogP contribution in [-0.2, 0) is 6.54 Å². The third kappa shape index (κ3) is 3.06. The van der Waals surface area contributed by atoms with Crippen LogP contribution in [0.15, 0.2) is 73.3 Å². The maximum Gasteiger partial charge on any atom is 0.253 e. The van der Waals surface area contributed by atoms with E-state index < -0.39 is 0 Å². The van der Waals surface area contributed by atoms with E-state index >= 15 is 0 Å². The minimum atomic E-state index is 0.00269. The number of hydrogen-bond acceptors (Lipinski definition) is 2. The molecule has 22 heavy (non-hydrogen) atoms. The zero-order valence-corrected chi connectivity index (χ0v) is 12.4. The van der Waals surface area contributed by atoms with Gasteiger partial charge >= 0.3 is 0 Å². The highest BCUT2D eigenvalue weighted by Crippen LogP contribution is 2.12. The molecule has 0 N–H and O–H groups in total. The molecule has 0 atom stereocenters. The molecule has 4 heteroatoms. The van der Waals surface area contributed by atoms with E-state index in [9.17, 15) is 4.79 Å². The van der Waals surface area contributed by atoms with Gasteiger partial charge in [-0.1, -0.05) is 6.07 Å². The Morgan fingerprint density at radius 1 is 1.09 bits per heavy atom. The molecule has 110 valence electrons. The molecular weight excluding hydrogens is 274 g/mol. The third-order valence-corrected chi connectivity index (χ3v) is 3.51. The number of nitrogens with zero attached hydrogens (tertiary/aromatic N) is 3. The Labute approximate surface area is 129 Å². The highest BCUT2D eigenvalue weighted by molar-refractivity contribution is 5.94. The Balaban J connectivity index is 1.72. The first-order chi connectivity index (χ1) is 10.7. The average molecular weight is 291 g/mol. The molecule has 0 aliphatic carbocycles. The largest absolute Gasteiger partial charge is 0.337 e. The lowest BCUT2D eigenvalue weighted by atomic mass is 10.1. The van der Waals surface area contributed by atoms with E-state index in [4.69, 9.17) is 0 Å². The van der Waals surface area contributed by atoms with Crippen molar-refractivity contribution >= 4 is 5.91 Å². The summed E-state index contributed by atoms with van der Waals surface area (Å²) < 4.78 is 2.01. The maximum absolute atomic E-state index is 12.4. The molecule has 2 aromatic heterocycles. The lowest BCUT2D eigenvalue weighted by Gasteiger charge is -2.17. The van der Waals surface area contributed by atoms with Crippen molar-refractivity contribution in [2.24, 2.45) is 0 Å². The molecule has 0 saturated carbocycles. The Kier molecular flexibility index (Phi) is 4.01. The van der Waals surface area contributed by atoms with Crippen molar-refractivity contribution in [1.82, 2.24) is 14.5 Å². The van der Waals surface area contributed by atoms with Gasteiger partial charge in [0.15, 0.2) is 0 Å². The topological polar surface area (TPSA) is 38.1 Å². The summed E-state index contributed by atoms with van der Waals surface area (Å²) in [5.74, 6) is 0.00269. The van der Waals surface area contributed by atoms with Gasteiger partial charge in [0.2, 0.25) is 0 Å². The second-order valence-electron chi connectivity index (χ2n) is 5.16. The van der Waals surface area contributed by atoms with Crippen molar-refractivity contribution in [2.75, 3.05) is 7.05 Å². The van der Waals surface area contributed by atoms with Gasteiger partial charge in [-0.15, -0.1) is 0 Å². The lowest BCUT2D eigenvalue weighted by Crippen LogP contribution is -2.26. The number of hydrogen-bond donors (Lipinski definition) is 0. The highest BCUT2D eigenvalue weighted by atomic mass is 16.2. The van der Waals surface area contributed by atoms with Gasteiger partial charge in [0.25, 0.3) is 5.91 Å². The standard InChI is InChI=1S/C18H17N3O/c1-20(14-15-5-4-10-19-13-15)18(22)16-6-8-17(9-7-16)21-11-2-3-12-21/h2-13H,14H2,1H3. The first-order valence-electron chi connectivity index (χ1n) is 7.12. The minimum Gasteiger partial charge on any atom is -0.337 e. The second kappa shape index (κ2) is 6.26. The molecule has 0 aliphatic heterocycles. The minimum absolute atomic E-state index is 0.00269. The third-order valence-electron chi connectivity index (χ3n) is 3.51. The van der Waals surface area contributed by atoms with E-state index in [0.29, 0.717) is 12.1 Å². The van der Waals surface area contributed by atoms with Gasteiger partial charge in [-0.3, -0.25) is 9.78 Å². The van der Waals surface area contributed by atoms with Crippen molar-refractivity contribution < 1.29 is 4.79 Å². The molecule has 3 rings (SSSR count). The number of aromatic nitrogens is 2. The van der Waals surface area contributed by atoms with Crippen molar-refractivity contribution in [3.8, 4) is 5.69 Å². The van der Waals surface area contributed by atoms with Crippen LogP contribution in [0.3, 0.4) is 0 Å². The predicted molar refractivity (Wildman–Crippen MR) is 85.8 cm³/mol. The summed E-state index contributed by atoms with van der Waals surface area (Å²) >= 11 is 0. The number of amides is 1. The van der Waals surface area contributed by atoms with Crippen LogP contribution >= 0.6 is 0 Å². The molecule has 0 bridgehead atoms. The van der Waals surface area contributed by atoms with E-state index in [1.807, 2.05) is 65.5 Å². The van der Waals surface area contributed by atoms with Crippen LogP contribution in [0, 0.1) is 0 Å². The second-order valence-corrected chi connectivity index (χ2v) is 5.16. The Morgan fingerprint density at radius 2 is 1.82 bits per heavy atom. The number of carbonyl (C=O) groups is 1. The highest BCUT2D eigenvalue weighted by Gasteiger charge is 2.12. The monoisotopic (exact) mass is 291 g/mol. The molecule has 3 aromatic rings. The molecule has 1 aromatic carbocycles. The van der Waals surface area contributed by atoms with Crippen LogP contribution in [0.2, 0.25) is 0 Å². The van der Waals surface area contributed by atoms with Crippen LogP contribution in [0.4, 0.5) is 0 Å². The molecule has 2 heterocycles. The zero-order valence-electron chi connectivity index (χ0n) is 12.4. The summed E-state index contributed by atoms with van der Waals surface area (Å²) in [5, 5.41) is 0. The average Bonchev–Trinajstić information content (AvgIpc) is 3.10. The van der Waals surface area contributed by atoms with Gasteiger partial charge in [0.1, 0.15) is 0 Å². The fourth-order valence-electron chi connectivity index (χ4n) is 2.34. The van der Waals surface area contributed by atoms with Gasteiger partial charge in [-0.2, -0.15) is 0 Å². The summed E-state index contributed by atoms with van der Waals surface area (Å²) in [4.78, 5) is 18.2. The van der Waals surface area contributed by atoms with Gasteiger partial charge in [-0.25, -0.2) is 0 Å². The molecular formula is C18H17N3O. The lowest BCUT2D eigenvalue weighted by molar-refractivity contribution is 0.0785. The van der Waals surface area contributed by atoms with E-state index in [1.54, 1.807) is 24.3 Å². The van der Waals surface area contributed by atoms with Crippen molar-refractivity contribution in [3.05, 3.63) is 84.4 Å². The molecule has 0 saturated heterocycles. The van der Waals surface area contributed by atoms with Crippen LogP contribution in [0.1, 0.15) is 15.9 Å². The van der Waals surface area contributed by atoms with E-state index in [2.05, 4.69) is 4.98 Å². The number of carbonyl (C=O) groups excluding carboxylic acids is 1. The summed E-state index contributed by atoms with van der Waals surface area (Å²) in [6.45, 7) is 0.548. The summed E-state index contributed by atoms with van der Waals surface area (Å²) in [6.07, 6.45) is 7.46. The van der Waals surface area contributed by atoms with Crippen molar-refractivity contribution in [3.63, 3.8) is 0 Å². The number of benzene rings is 1. The normalized spacial score (nSPS) is 10.4. The van der Waals surface area contributed by atoms with Crippen LogP contribution in [0.5, 0.6) is 0 Å². The van der Waals surface area contributed by atoms with Crippen LogP contribution in [-0.4, -0.2) is 27.4 Å². The molecule has 1 amide bonds. The number of pyridine rings is 1. The molecule has 0 radical (unpaired) electrons. The van der Waals surface area contributed by atoms with E-state index in [0.717, 1.165) is 11.3 Å². The molecule has 0 aliphatic rings. The van der Waals surface area contributed by atoms with Crippen molar-refractivity contribution in [2.45, 2.75) is 6.54 Å². The maximum atomic E-state index is 12.4. The van der Waals surface area contributed by atoms with Gasteiger partial charge in [-0.05, 0) is 48.0 Å². The molecule has 4 nitrogen and oxygen atoms in total. The fraction of sp³-hybridized carbons (Fsp3) is 0.111. The summed E-state index contributed by atoms with van der Waals surface area (Å²) in [6, 6.07) is 15.4. The Morgan fingerprint density at radius 3 is 2.45 bits per heavy atom. The van der Waals surface area contributed by atoms with Gasteiger partial charge in [0.05, 0.1) is 0 Å². The first-order valence-corrected chi connectivity index (χ1v) is 7.12. The Hall–Kier alpha value is -2.88.